The molecule has 5 rings (SSSR count). The van der Waals surface area contributed by atoms with Crippen molar-refractivity contribution in [3.63, 3.8) is 0 Å². The van der Waals surface area contributed by atoms with Crippen molar-refractivity contribution in [1.82, 2.24) is 15.3 Å². The van der Waals surface area contributed by atoms with Crippen LogP contribution in [0.4, 0.5) is 18.9 Å². The fourth-order valence-corrected chi connectivity index (χ4v) is 3.70. The van der Waals surface area contributed by atoms with Gasteiger partial charge < -0.3 is 9.84 Å². The van der Waals surface area contributed by atoms with Gasteiger partial charge in [0.25, 0.3) is 5.91 Å². The van der Waals surface area contributed by atoms with Crippen molar-refractivity contribution in [3.8, 4) is 28.6 Å². The topological polar surface area (TPSA) is 138 Å². The second-order valence-electron chi connectivity index (χ2n) is 7.56. The molecule has 0 fully saturated rings. The second-order valence-corrected chi connectivity index (χ2v) is 7.56. The number of carbonyl (C=O) groups excluding carboxylic acids is 1. The lowest BCUT2D eigenvalue weighted by Gasteiger charge is -2.12. The molecule has 0 aliphatic carbocycles. The Morgan fingerprint density at radius 2 is 1.81 bits per heavy atom. The molecule has 2 aromatic heterocycles. The molecule has 2 heterocycles. The van der Waals surface area contributed by atoms with Gasteiger partial charge >= 0.3 is 11.9 Å². The van der Waals surface area contributed by atoms with E-state index in [0.29, 0.717) is 0 Å². The van der Waals surface area contributed by atoms with E-state index in [4.69, 9.17) is 4.52 Å². The first kappa shape index (κ1) is 22.6. The molecule has 1 amide bonds. The number of carbonyl (C=O) groups is 1. The maximum Gasteiger partial charge on any atom is 0.439 e. The van der Waals surface area contributed by atoms with Crippen molar-refractivity contribution in [2.24, 2.45) is 0 Å². The van der Waals surface area contributed by atoms with Crippen LogP contribution in [0.2, 0.25) is 0 Å². The van der Waals surface area contributed by atoms with Gasteiger partial charge in [0.05, 0.1) is 28.3 Å². The number of halogens is 3. The highest BCUT2D eigenvalue weighted by Crippen LogP contribution is 2.38. The number of anilines is 1. The SMILES string of the molecule is N#Cc1ccc(NC(=O)c2noc3ccc(-c4ccccc4C(F)(F)F)cc23)c(-c2noc(=O)[nH]2)c1. The van der Waals surface area contributed by atoms with Gasteiger partial charge in [-0.1, -0.05) is 34.6 Å². The van der Waals surface area contributed by atoms with Gasteiger partial charge in [0.15, 0.2) is 17.1 Å². The van der Waals surface area contributed by atoms with Crippen LogP contribution in [0.1, 0.15) is 21.6 Å². The summed E-state index contributed by atoms with van der Waals surface area (Å²) in [7, 11) is 0. The number of aromatic amines is 1. The van der Waals surface area contributed by atoms with E-state index in [1.807, 2.05) is 6.07 Å². The number of nitriles is 1. The highest BCUT2D eigenvalue weighted by molar-refractivity contribution is 6.12. The molecule has 0 saturated heterocycles. The quantitative estimate of drug-likeness (QED) is 0.362. The average molecular weight is 491 g/mol. The summed E-state index contributed by atoms with van der Waals surface area (Å²) < 4.78 is 50.3. The van der Waals surface area contributed by atoms with Crippen LogP contribution in [0.5, 0.6) is 0 Å². The van der Waals surface area contributed by atoms with Gasteiger partial charge in [0.1, 0.15) is 0 Å². The number of hydrogen-bond donors (Lipinski definition) is 2. The van der Waals surface area contributed by atoms with Crippen molar-refractivity contribution in [1.29, 1.82) is 5.26 Å². The van der Waals surface area contributed by atoms with Crippen molar-refractivity contribution in [3.05, 3.63) is 88.0 Å². The van der Waals surface area contributed by atoms with Crippen LogP contribution < -0.4 is 11.1 Å². The molecule has 5 aromatic rings. The molecular formula is C24H12F3N5O4. The molecule has 0 aliphatic rings. The van der Waals surface area contributed by atoms with Gasteiger partial charge in [0, 0.05) is 5.56 Å². The van der Waals surface area contributed by atoms with E-state index < -0.39 is 23.4 Å². The number of aromatic nitrogens is 3. The van der Waals surface area contributed by atoms with Crippen LogP contribution in [-0.4, -0.2) is 21.2 Å². The second kappa shape index (κ2) is 8.55. The van der Waals surface area contributed by atoms with Crippen LogP contribution in [0.15, 0.2) is 74.5 Å². The first-order valence-electron chi connectivity index (χ1n) is 10.2. The third kappa shape index (κ3) is 4.09. The van der Waals surface area contributed by atoms with E-state index in [-0.39, 0.29) is 50.4 Å². The minimum Gasteiger partial charge on any atom is -0.355 e. The fourth-order valence-electron chi connectivity index (χ4n) is 3.70. The molecular weight excluding hydrogens is 479 g/mol. The zero-order valence-corrected chi connectivity index (χ0v) is 17.9. The number of fused-ring (bicyclic) bond motifs is 1. The van der Waals surface area contributed by atoms with Crippen LogP contribution in [-0.2, 0) is 6.18 Å². The number of nitrogens with one attached hydrogen (secondary N) is 2. The molecule has 0 bridgehead atoms. The Morgan fingerprint density at radius 1 is 1.00 bits per heavy atom. The van der Waals surface area contributed by atoms with Crippen molar-refractivity contribution in [2.75, 3.05) is 5.32 Å². The maximum absolute atomic E-state index is 13.5. The molecule has 0 unspecified atom stereocenters. The van der Waals surface area contributed by atoms with Crippen LogP contribution >= 0.6 is 0 Å². The predicted octanol–water partition coefficient (Wildman–Crippen LogP) is 4.98. The molecule has 0 radical (unpaired) electrons. The molecule has 0 saturated carbocycles. The highest BCUT2D eigenvalue weighted by Gasteiger charge is 2.33. The molecule has 178 valence electrons. The molecule has 36 heavy (non-hydrogen) atoms. The van der Waals surface area contributed by atoms with Crippen LogP contribution in [0, 0.1) is 11.3 Å². The molecule has 2 N–H and O–H groups in total. The van der Waals surface area contributed by atoms with E-state index in [1.165, 1.54) is 54.6 Å². The Kier molecular flexibility index (Phi) is 5.37. The summed E-state index contributed by atoms with van der Waals surface area (Å²) in [5, 5.41) is 19.4. The lowest BCUT2D eigenvalue weighted by atomic mass is 9.98. The molecule has 3 aromatic carbocycles. The number of hydrogen-bond acceptors (Lipinski definition) is 7. The summed E-state index contributed by atoms with van der Waals surface area (Å²) in [6.07, 6.45) is -4.57. The van der Waals surface area contributed by atoms with E-state index in [9.17, 15) is 28.0 Å². The minimum absolute atomic E-state index is 0.0246. The van der Waals surface area contributed by atoms with E-state index in [0.717, 1.165) is 6.07 Å². The number of benzene rings is 3. The number of amides is 1. The van der Waals surface area contributed by atoms with Gasteiger partial charge in [-0.3, -0.25) is 14.3 Å². The largest absolute Gasteiger partial charge is 0.439 e. The highest BCUT2D eigenvalue weighted by atomic mass is 19.4. The Balaban J connectivity index is 1.55. The van der Waals surface area contributed by atoms with Gasteiger partial charge in [-0.25, -0.2) is 4.79 Å². The third-order valence-corrected chi connectivity index (χ3v) is 5.32. The lowest BCUT2D eigenvalue weighted by molar-refractivity contribution is -0.137. The number of rotatable bonds is 4. The Bertz CT molecular complexity index is 1730. The summed E-state index contributed by atoms with van der Waals surface area (Å²) in [5.41, 5.74) is -0.0771. The molecule has 0 aliphatic heterocycles. The first-order chi connectivity index (χ1) is 17.2. The van der Waals surface area contributed by atoms with Gasteiger partial charge in [-0.2, -0.15) is 18.4 Å². The van der Waals surface area contributed by atoms with Gasteiger partial charge in [-0.15, -0.1) is 0 Å². The summed E-state index contributed by atoms with van der Waals surface area (Å²) in [6.45, 7) is 0. The molecule has 0 atom stereocenters. The predicted molar refractivity (Wildman–Crippen MR) is 120 cm³/mol. The van der Waals surface area contributed by atoms with Crippen molar-refractivity contribution < 1.29 is 27.0 Å². The van der Waals surface area contributed by atoms with Crippen molar-refractivity contribution >= 4 is 22.6 Å². The minimum atomic E-state index is -4.57. The summed E-state index contributed by atoms with van der Waals surface area (Å²) in [4.78, 5) is 26.8. The first-order valence-corrected chi connectivity index (χ1v) is 10.2. The average Bonchev–Trinajstić information content (AvgIpc) is 3.49. The molecule has 12 heteroatoms. The molecule has 0 spiro atoms. The number of nitrogens with zero attached hydrogens (tertiary/aromatic N) is 3. The number of alkyl halides is 3. The standard InChI is InChI=1S/C24H12F3N5O4/c25-24(26,27)17-4-2-1-3-14(17)13-6-8-19-16(10-13)20(31-35-19)22(33)29-18-7-5-12(11-28)9-15(18)21-30-23(34)36-32-21/h1-10H,(H,29,33)(H,30,32,34). The van der Waals surface area contributed by atoms with E-state index in [1.54, 1.807) is 0 Å². The summed E-state index contributed by atoms with van der Waals surface area (Å²) in [6, 6.07) is 15.5. The zero-order chi connectivity index (χ0) is 25.4. The van der Waals surface area contributed by atoms with Gasteiger partial charge in [-0.05, 0) is 47.5 Å². The summed E-state index contributed by atoms with van der Waals surface area (Å²) in [5.74, 6) is -1.60. The maximum atomic E-state index is 13.5. The summed E-state index contributed by atoms with van der Waals surface area (Å²) >= 11 is 0. The Labute approximate surface area is 198 Å². The van der Waals surface area contributed by atoms with Crippen molar-refractivity contribution in [2.45, 2.75) is 6.18 Å². The van der Waals surface area contributed by atoms with E-state index in [2.05, 4.69) is 25.1 Å². The smallest absolute Gasteiger partial charge is 0.355 e. The van der Waals surface area contributed by atoms with Crippen LogP contribution in [0.25, 0.3) is 33.5 Å². The Hall–Kier alpha value is -5.18. The Morgan fingerprint density at radius 3 is 2.53 bits per heavy atom. The third-order valence-electron chi connectivity index (χ3n) is 5.32. The normalized spacial score (nSPS) is 11.4. The lowest BCUT2D eigenvalue weighted by Crippen LogP contribution is -2.14. The molecule has 9 nitrogen and oxygen atoms in total. The van der Waals surface area contributed by atoms with Gasteiger partial charge in [0.2, 0.25) is 0 Å². The fraction of sp³-hybridized carbons (Fsp3) is 0.0417. The monoisotopic (exact) mass is 491 g/mol. The number of H-pyrrole nitrogens is 1. The van der Waals surface area contributed by atoms with Crippen LogP contribution in [0.3, 0.4) is 0 Å². The van der Waals surface area contributed by atoms with E-state index >= 15 is 0 Å². The zero-order valence-electron chi connectivity index (χ0n) is 17.9.